The van der Waals surface area contributed by atoms with Crippen molar-refractivity contribution in [2.45, 2.75) is 13.3 Å². The van der Waals surface area contributed by atoms with Crippen molar-refractivity contribution >= 4 is 5.78 Å². The van der Waals surface area contributed by atoms with Crippen molar-refractivity contribution in [1.29, 1.82) is 0 Å². The number of aromatic nitrogens is 1. The van der Waals surface area contributed by atoms with E-state index in [2.05, 4.69) is 9.88 Å². The number of ether oxygens (including phenoxy) is 1. The minimum atomic E-state index is -0.430. The molecule has 1 rings (SSSR count). The Morgan fingerprint density at radius 3 is 2.84 bits per heavy atom. The first-order chi connectivity index (χ1) is 9.04. The van der Waals surface area contributed by atoms with Gasteiger partial charge in [-0.3, -0.25) is 9.78 Å². The van der Waals surface area contributed by atoms with Crippen LogP contribution in [0.15, 0.2) is 18.3 Å². The van der Waals surface area contributed by atoms with Crippen molar-refractivity contribution in [2.75, 3.05) is 33.9 Å². The minimum absolute atomic E-state index is 0.0569. The summed E-state index contributed by atoms with van der Waals surface area (Å²) in [6, 6.07) is 2.69. The van der Waals surface area contributed by atoms with Crippen LogP contribution < -0.4 is 0 Å². The van der Waals surface area contributed by atoms with Crippen molar-refractivity contribution in [3.63, 3.8) is 0 Å². The van der Waals surface area contributed by atoms with E-state index in [0.717, 1.165) is 19.2 Å². The van der Waals surface area contributed by atoms with Crippen LogP contribution in [0.1, 0.15) is 23.8 Å². The fraction of sp³-hybridized carbons (Fsp3) is 0.571. The number of ketones is 1. The summed E-state index contributed by atoms with van der Waals surface area (Å²) in [4.78, 5) is 18.0. The number of methoxy groups -OCH3 is 1. The molecule has 0 bridgehead atoms. The van der Waals surface area contributed by atoms with Gasteiger partial charge in [-0.05, 0) is 25.6 Å². The van der Waals surface area contributed by atoms with E-state index in [-0.39, 0.29) is 11.7 Å². The van der Waals surface area contributed by atoms with Gasteiger partial charge in [0, 0.05) is 32.7 Å². The summed E-state index contributed by atoms with van der Waals surface area (Å²) >= 11 is 0. The van der Waals surface area contributed by atoms with Gasteiger partial charge in [0.15, 0.2) is 5.78 Å². The number of carbonyl (C=O) groups is 1. The largest absolute Gasteiger partial charge is 0.385 e. The fourth-order valence-corrected chi connectivity index (χ4v) is 1.89. The number of nitrogens with zero attached hydrogens (tertiary/aromatic N) is 2. The molecule has 1 unspecified atom stereocenters. The van der Waals surface area contributed by atoms with E-state index in [1.807, 2.05) is 14.0 Å². The number of Topliss-reactive ketones (excluding diaryl/α,β-unsaturated/α-hetero) is 1. The van der Waals surface area contributed by atoms with E-state index < -0.39 is 5.82 Å². The number of carbonyl (C=O) groups excluding carboxylic acids is 1. The van der Waals surface area contributed by atoms with Crippen LogP contribution in [-0.4, -0.2) is 49.5 Å². The highest BCUT2D eigenvalue weighted by atomic mass is 19.1. The van der Waals surface area contributed by atoms with Gasteiger partial charge in [0.25, 0.3) is 0 Å². The first-order valence-corrected chi connectivity index (χ1v) is 6.38. The standard InChI is InChI=1S/C14H21FN2O2/c1-11(10-17(2)7-4-8-19-3)14(18)13-6-5-12(15)9-16-13/h5-6,9,11H,4,7-8,10H2,1-3H3. The Morgan fingerprint density at radius 2 is 2.26 bits per heavy atom. The zero-order chi connectivity index (χ0) is 14.3. The second-order valence-electron chi connectivity index (χ2n) is 4.74. The predicted octanol–water partition coefficient (Wildman–Crippen LogP) is 2.01. The maximum atomic E-state index is 12.7. The smallest absolute Gasteiger partial charge is 0.185 e. The Morgan fingerprint density at radius 1 is 1.53 bits per heavy atom. The van der Waals surface area contributed by atoms with Gasteiger partial charge in [0.05, 0.1) is 6.20 Å². The molecule has 4 nitrogen and oxygen atoms in total. The molecule has 0 amide bonds. The number of hydrogen-bond donors (Lipinski definition) is 0. The van der Waals surface area contributed by atoms with E-state index in [4.69, 9.17) is 4.74 Å². The topological polar surface area (TPSA) is 42.4 Å². The molecule has 0 saturated carbocycles. The summed E-state index contributed by atoms with van der Waals surface area (Å²) in [5.41, 5.74) is 0.319. The van der Waals surface area contributed by atoms with Crippen LogP contribution >= 0.6 is 0 Å². The monoisotopic (exact) mass is 268 g/mol. The maximum absolute atomic E-state index is 12.7. The summed E-state index contributed by atoms with van der Waals surface area (Å²) in [5, 5.41) is 0. The van der Waals surface area contributed by atoms with Crippen LogP contribution in [0.5, 0.6) is 0 Å². The molecule has 1 aromatic heterocycles. The number of rotatable bonds is 8. The number of halogens is 1. The lowest BCUT2D eigenvalue weighted by Crippen LogP contribution is -2.30. The highest BCUT2D eigenvalue weighted by Gasteiger charge is 2.18. The quantitative estimate of drug-likeness (QED) is 0.534. The van der Waals surface area contributed by atoms with Gasteiger partial charge in [-0.1, -0.05) is 6.92 Å². The predicted molar refractivity (Wildman–Crippen MR) is 71.7 cm³/mol. The summed E-state index contributed by atoms with van der Waals surface area (Å²) in [7, 11) is 3.64. The van der Waals surface area contributed by atoms with Crippen molar-refractivity contribution < 1.29 is 13.9 Å². The molecule has 1 atom stereocenters. The van der Waals surface area contributed by atoms with E-state index in [1.165, 1.54) is 12.1 Å². The van der Waals surface area contributed by atoms with Crippen molar-refractivity contribution in [1.82, 2.24) is 9.88 Å². The van der Waals surface area contributed by atoms with Gasteiger partial charge in [0.1, 0.15) is 11.5 Å². The van der Waals surface area contributed by atoms with Crippen molar-refractivity contribution in [3.05, 3.63) is 29.8 Å². The van der Waals surface area contributed by atoms with Crippen molar-refractivity contribution in [2.24, 2.45) is 5.92 Å². The zero-order valence-corrected chi connectivity index (χ0v) is 11.7. The second-order valence-corrected chi connectivity index (χ2v) is 4.74. The lowest BCUT2D eigenvalue weighted by atomic mass is 10.0. The zero-order valence-electron chi connectivity index (χ0n) is 11.7. The Balaban J connectivity index is 2.46. The molecule has 0 spiro atoms. The fourth-order valence-electron chi connectivity index (χ4n) is 1.89. The lowest BCUT2D eigenvalue weighted by molar-refractivity contribution is 0.0894. The Kier molecular flexibility index (Phi) is 6.59. The molecule has 106 valence electrons. The second kappa shape index (κ2) is 7.96. The first kappa shape index (κ1) is 15.7. The average Bonchev–Trinajstić information content (AvgIpc) is 2.39. The van der Waals surface area contributed by atoms with E-state index in [0.29, 0.717) is 18.8 Å². The van der Waals surface area contributed by atoms with Gasteiger partial charge in [-0.25, -0.2) is 4.39 Å². The molecule has 5 heteroatoms. The number of hydrogen-bond acceptors (Lipinski definition) is 4. The van der Waals surface area contributed by atoms with E-state index in [9.17, 15) is 9.18 Å². The van der Waals surface area contributed by atoms with Gasteiger partial charge in [-0.15, -0.1) is 0 Å². The third kappa shape index (κ3) is 5.44. The third-order valence-corrected chi connectivity index (χ3v) is 2.90. The SMILES string of the molecule is COCCCN(C)CC(C)C(=O)c1ccc(F)cn1. The maximum Gasteiger partial charge on any atom is 0.185 e. The van der Waals surface area contributed by atoms with Crippen LogP contribution in [0.3, 0.4) is 0 Å². The molecule has 0 aromatic carbocycles. The molecule has 0 saturated heterocycles. The summed E-state index contributed by atoms with van der Waals surface area (Å²) < 4.78 is 17.7. The van der Waals surface area contributed by atoms with Crippen molar-refractivity contribution in [3.8, 4) is 0 Å². The molecule has 0 aliphatic heterocycles. The summed E-state index contributed by atoms with van der Waals surface area (Å²) in [5.74, 6) is -0.648. The summed E-state index contributed by atoms with van der Waals surface area (Å²) in [6.45, 7) is 4.11. The molecular weight excluding hydrogens is 247 g/mol. The minimum Gasteiger partial charge on any atom is -0.385 e. The van der Waals surface area contributed by atoms with E-state index in [1.54, 1.807) is 7.11 Å². The molecule has 0 radical (unpaired) electrons. The molecular formula is C14H21FN2O2. The van der Waals surface area contributed by atoms with Gasteiger partial charge in [0.2, 0.25) is 0 Å². The van der Waals surface area contributed by atoms with Crippen LogP contribution in [0.2, 0.25) is 0 Å². The highest BCUT2D eigenvalue weighted by molar-refractivity contribution is 5.95. The van der Waals surface area contributed by atoms with E-state index >= 15 is 0 Å². The van der Waals surface area contributed by atoms with Crippen LogP contribution in [0.25, 0.3) is 0 Å². The lowest BCUT2D eigenvalue weighted by Gasteiger charge is -2.20. The summed E-state index contributed by atoms with van der Waals surface area (Å²) in [6.07, 6.45) is 2.00. The van der Waals surface area contributed by atoms with Gasteiger partial charge in [-0.2, -0.15) is 0 Å². The molecule has 0 aliphatic carbocycles. The Bertz CT molecular complexity index is 395. The van der Waals surface area contributed by atoms with Crippen LogP contribution in [0, 0.1) is 11.7 Å². The highest BCUT2D eigenvalue weighted by Crippen LogP contribution is 2.08. The molecule has 0 aliphatic rings. The molecule has 0 N–H and O–H groups in total. The van der Waals surface area contributed by atoms with Gasteiger partial charge < -0.3 is 9.64 Å². The normalized spacial score (nSPS) is 12.7. The number of pyridine rings is 1. The Hall–Kier alpha value is -1.33. The third-order valence-electron chi connectivity index (χ3n) is 2.90. The van der Waals surface area contributed by atoms with Crippen LogP contribution in [0.4, 0.5) is 4.39 Å². The van der Waals surface area contributed by atoms with Crippen LogP contribution in [-0.2, 0) is 4.74 Å². The Labute approximate surface area is 113 Å². The van der Waals surface area contributed by atoms with Gasteiger partial charge >= 0.3 is 0 Å². The molecule has 1 heterocycles. The molecule has 19 heavy (non-hydrogen) atoms. The molecule has 0 fully saturated rings. The average molecular weight is 268 g/mol. The first-order valence-electron chi connectivity index (χ1n) is 6.38. The molecule has 1 aromatic rings.